The van der Waals surface area contributed by atoms with Crippen LogP contribution in [0.4, 0.5) is 0 Å². The number of hydrogen-bond acceptors (Lipinski definition) is 5. The third-order valence-electron chi connectivity index (χ3n) is 4.85. The number of phenolic OH excluding ortho intramolecular Hbond substituents is 1. The lowest BCUT2D eigenvalue weighted by atomic mass is 9.93. The molecular weight excluding hydrogens is 318 g/mol. The molecule has 0 aliphatic carbocycles. The quantitative estimate of drug-likeness (QED) is 0.816. The number of methoxy groups -OCH3 is 1. The van der Waals surface area contributed by atoms with E-state index in [-0.39, 0.29) is 12.4 Å². The van der Waals surface area contributed by atoms with Crippen LogP contribution < -0.4 is 0 Å². The highest BCUT2D eigenvalue weighted by Crippen LogP contribution is 2.29. The minimum absolute atomic E-state index is 0.231. The number of aromatic nitrogens is 2. The van der Waals surface area contributed by atoms with E-state index >= 15 is 0 Å². The summed E-state index contributed by atoms with van der Waals surface area (Å²) in [5, 5.41) is 17.3. The lowest BCUT2D eigenvalue weighted by molar-refractivity contribution is -0.139. The molecule has 6 heteroatoms. The summed E-state index contributed by atoms with van der Waals surface area (Å²) in [5.74, 6) is 0.514. The van der Waals surface area contributed by atoms with Gasteiger partial charge >= 0.3 is 5.97 Å². The molecule has 2 N–H and O–H groups in total. The number of aromatic hydroxyl groups is 1. The van der Waals surface area contributed by atoms with E-state index in [1.807, 2.05) is 25.1 Å². The van der Waals surface area contributed by atoms with E-state index in [2.05, 4.69) is 19.8 Å². The van der Waals surface area contributed by atoms with Crippen LogP contribution in [-0.2, 0) is 22.5 Å². The molecule has 1 saturated heterocycles. The number of phenols is 1. The maximum atomic E-state index is 11.3. The fraction of sp³-hybridized carbons (Fsp3) is 0.474. The second-order valence-corrected chi connectivity index (χ2v) is 6.75. The molecule has 134 valence electrons. The van der Waals surface area contributed by atoms with Crippen molar-refractivity contribution in [2.45, 2.75) is 38.6 Å². The molecule has 0 bridgehead atoms. The number of carbonyl (C=O) groups is 1. The van der Waals surface area contributed by atoms with Gasteiger partial charge in [-0.25, -0.2) is 0 Å². The van der Waals surface area contributed by atoms with Crippen LogP contribution >= 0.6 is 0 Å². The number of aromatic amines is 1. The smallest absolute Gasteiger partial charge is 0.311 e. The minimum Gasteiger partial charge on any atom is -0.508 e. The summed E-state index contributed by atoms with van der Waals surface area (Å²) in [5.41, 5.74) is 3.97. The fourth-order valence-corrected chi connectivity index (χ4v) is 3.38. The van der Waals surface area contributed by atoms with E-state index in [9.17, 15) is 9.90 Å². The van der Waals surface area contributed by atoms with Crippen molar-refractivity contribution in [2.24, 2.45) is 0 Å². The standard InChI is InChI=1S/C19H25N3O3/c1-13-3-4-18(23)15(9-13)12-22-7-5-14(6-8-22)17-10-16(20-21-17)11-19(24)25-2/h3-4,9-10,14,23H,5-8,11-12H2,1-2H3,(H,20,21). The van der Waals surface area contributed by atoms with Gasteiger partial charge in [0.2, 0.25) is 0 Å². The van der Waals surface area contributed by atoms with E-state index in [4.69, 9.17) is 0 Å². The van der Waals surface area contributed by atoms with E-state index in [0.29, 0.717) is 11.7 Å². The molecular formula is C19H25N3O3. The molecule has 0 amide bonds. The molecule has 1 fully saturated rings. The first-order chi connectivity index (χ1) is 12.0. The Morgan fingerprint density at radius 3 is 2.84 bits per heavy atom. The predicted molar refractivity (Wildman–Crippen MR) is 94.4 cm³/mol. The zero-order valence-corrected chi connectivity index (χ0v) is 14.8. The summed E-state index contributed by atoms with van der Waals surface area (Å²) in [6.07, 6.45) is 2.28. The van der Waals surface area contributed by atoms with Crippen LogP contribution in [0.25, 0.3) is 0 Å². The predicted octanol–water partition coefficient (Wildman–Crippen LogP) is 2.52. The van der Waals surface area contributed by atoms with Crippen molar-refractivity contribution in [3.05, 3.63) is 46.8 Å². The van der Waals surface area contributed by atoms with Crippen LogP contribution in [-0.4, -0.2) is 46.4 Å². The molecule has 6 nitrogen and oxygen atoms in total. The van der Waals surface area contributed by atoms with Crippen molar-refractivity contribution >= 4 is 5.97 Å². The van der Waals surface area contributed by atoms with Crippen LogP contribution in [0.3, 0.4) is 0 Å². The third-order valence-corrected chi connectivity index (χ3v) is 4.85. The number of H-pyrrole nitrogens is 1. The number of carbonyl (C=O) groups excluding carboxylic acids is 1. The van der Waals surface area contributed by atoms with E-state index < -0.39 is 0 Å². The van der Waals surface area contributed by atoms with Gasteiger partial charge in [-0.05, 0) is 45.0 Å². The van der Waals surface area contributed by atoms with Crippen molar-refractivity contribution in [3.8, 4) is 5.75 Å². The summed E-state index contributed by atoms with van der Waals surface area (Å²) >= 11 is 0. The number of aryl methyl sites for hydroxylation is 1. The van der Waals surface area contributed by atoms with Gasteiger partial charge in [0, 0.05) is 23.7 Å². The number of ether oxygens (including phenoxy) is 1. The third kappa shape index (κ3) is 4.39. The molecule has 1 aliphatic rings. The minimum atomic E-state index is -0.261. The molecule has 3 rings (SSSR count). The van der Waals surface area contributed by atoms with Crippen molar-refractivity contribution in [1.29, 1.82) is 0 Å². The van der Waals surface area contributed by atoms with Gasteiger partial charge in [0.1, 0.15) is 5.75 Å². The molecule has 0 atom stereocenters. The Labute approximate surface area is 147 Å². The van der Waals surface area contributed by atoms with Gasteiger partial charge < -0.3 is 9.84 Å². The maximum Gasteiger partial charge on any atom is 0.311 e. The second-order valence-electron chi connectivity index (χ2n) is 6.75. The molecule has 1 aliphatic heterocycles. The van der Waals surface area contributed by atoms with Crippen LogP contribution in [0.15, 0.2) is 24.3 Å². The van der Waals surface area contributed by atoms with Gasteiger partial charge in [0.05, 0.1) is 19.2 Å². The molecule has 0 spiro atoms. The number of nitrogens with zero attached hydrogens (tertiary/aromatic N) is 2. The van der Waals surface area contributed by atoms with Crippen molar-refractivity contribution in [3.63, 3.8) is 0 Å². The Balaban J connectivity index is 1.55. The Hall–Kier alpha value is -2.34. The Bertz CT molecular complexity index is 733. The zero-order valence-electron chi connectivity index (χ0n) is 14.8. The number of likely N-dealkylation sites (tertiary alicyclic amines) is 1. The molecule has 0 radical (unpaired) electrons. The first-order valence-corrected chi connectivity index (χ1v) is 8.67. The van der Waals surface area contributed by atoms with Crippen LogP contribution in [0.5, 0.6) is 5.75 Å². The summed E-state index contributed by atoms with van der Waals surface area (Å²) in [6.45, 7) is 4.75. The lowest BCUT2D eigenvalue weighted by Crippen LogP contribution is -2.32. The number of hydrogen-bond donors (Lipinski definition) is 2. The van der Waals surface area contributed by atoms with Gasteiger partial charge in [-0.15, -0.1) is 0 Å². The number of esters is 1. The Kier molecular flexibility index (Phi) is 5.38. The highest BCUT2D eigenvalue weighted by Gasteiger charge is 2.23. The average Bonchev–Trinajstić information content (AvgIpc) is 3.07. The first-order valence-electron chi connectivity index (χ1n) is 8.67. The van der Waals surface area contributed by atoms with Crippen LogP contribution in [0.1, 0.15) is 41.3 Å². The van der Waals surface area contributed by atoms with Crippen LogP contribution in [0.2, 0.25) is 0 Å². The van der Waals surface area contributed by atoms with Gasteiger partial charge in [-0.2, -0.15) is 5.10 Å². The van der Waals surface area contributed by atoms with Crippen molar-refractivity contribution < 1.29 is 14.6 Å². The number of rotatable bonds is 5. The largest absolute Gasteiger partial charge is 0.508 e. The van der Waals surface area contributed by atoms with Gasteiger partial charge in [-0.3, -0.25) is 14.8 Å². The molecule has 2 heterocycles. The molecule has 0 saturated carbocycles. The zero-order chi connectivity index (χ0) is 17.8. The van der Waals surface area contributed by atoms with Crippen molar-refractivity contribution in [2.75, 3.05) is 20.2 Å². The normalized spacial score (nSPS) is 16.1. The molecule has 1 aromatic carbocycles. The SMILES string of the molecule is COC(=O)Cc1cc(C2CCN(Cc3cc(C)ccc3O)CC2)n[nH]1. The van der Waals surface area contributed by atoms with Crippen LogP contribution in [0, 0.1) is 6.92 Å². The highest BCUT2D eigenvalue weighted by atomic mass is 16.5. The molecule has 1 aromatic heterocycles. The molecule has 2 aromatic rings. The number of benzene rings is 1. The van der Waals surface area contributed by atoms with Gasteiger partial charge in [0.15, 0.2) is 0 Å². The molecule has 0 unspecified atom stereocenters. The Morgan fingerprint density at radius 2 is 2.12 bits per heavy atom. The lowest BCUT2D eigenvalue weighted by Gasteiger charge is -2.31. The Morgan fingerprint density at radius 1 is 1.36 bits per heavy atom. The summed E-state index contributed by atoms with van der Waals surface area (Å²) in [4.78, 5) is 13.7. The summed E-state index contributed by atoms with van der Waals surface area (Å²) < 4.78 is 4.68. The summed E-state index contributed by atoms with van der Waals surface area (Å²) in [7, 11) is 1.39. The summed E-state index contributed by atoms with van der Waals surface area (Å²) in [6, 6.07) is 7.72. The second kappa shape index (κ2) is 7.70. The fourth-order valence-electron chi connectivity index (χ4n) is 3.38. The van der Waals surface area contributed by atoms with E-state index in [1.165, 1.54) is 7.11 Å². The average molecular weight is 343 g/mol. The topological polar surface area (TPSA) is 78.4 Å². The van der Waals surface area contributed by atoms with E-state index in [0.717, 1.165) is 55.0 Å². The first kappa shape index (κ1) is 17.5. The molecule has 25 heavy (non-hydrogen) atoms. The number of piperidine rings is 1. The van der Waals surface area contributed by atoms with Gasteiger partial charge in [0.25, 0.3) is 0 Å². The monoisotopic (exact) mass is 343 g/mol. The maximum absolute atomic E-state index is 11.3. The highest BCUT2D eigenvalue weighted by molar-refractivity contribution is 5.71. The van der Waals surface area contributed by atoms with Crippen molar-refractivity contribution in [1.82, 2.24) is 15.1 Å². The van der Waals surface area contributed by atoms with Gasteiger partial charge in [-0.1, -0.05) is 17.7 Å². The van der Waals surface area contributed by atoms with E-state index in [1.54, 1.807) is 6.07 Å². The number of nitrogens with one attached hydrogen (secondary N) is 1.